The SMILES string of the molecule is COc1ccc(C(C)(C)C)cc1NC(=O)COC(=O)Cc1ccc(OCc2c(C)noc2C)cc1. The van der Waals surface area contributed by atoms with E-state index in [2.05, 4.69) is 31.2 Å². The Morgan fingerprint density at radius 1 is 1.06 bits per heavy atom. The van der Waals surface area contributed by atoms with E-state index in [9.17, 15) is 9.59 Å². The normalized spacial score (nSPS) is 11.1. The van der Waals surface area contributed by atoms with Gasteiger partial charge in [0.15, 0.2) is 6.61 Å². The number of aromatic nitrogens is 1. The van der Waals surface area contributed by atoms with E-state index in [-0.39, 0.29) is 18.4 Å². The van der Waals surface area contributed by atoms with Gasteiger partial charge in [-0.2, -0.15) is 0 Å². The molecule has 8 heteroatoms. The van der Waals surface area contributed by atoms with Gasteiger partial charge >= 0.3 is 5.97 Å². The van der Waals surface area contributed by atoms with E-state index < -0.39 is 11.9 Å². The molecule has 2 aromatic carbocycles. The average Bonchev–Trinajstić information content (AvgIpc) is 3.13. The molecule has 1 heterocycles. The minimum Gasteiger partial charge on any atom is -0.495 e. The van der Waals surface area contributed by atoms with E-state index >= 15 is 0 Å². The number of methoxy groups -OCH3 is 1. The van der Waals surface area contributed by atoms with Gasteiger partial charge in [-0.15, -0.1) is 0 Å². The molecule has 35 heavy (non-hydrogen) atoms. The highest BCUT2D eigenvalue weighted by Crippen LogP contribution is 2.31. The largest absolute Gasteiger partial charge is 0.495 e. The van der Waals surface area contributed by atoms with Crippen LogP contribution in [-0.2, 0) is 32.8 Å². The lowest BCUT2D eigenvalue weighted by Gasteiger charge is -2.21. The molecule has 1 amide bonds. The van der Waals surface area contributed by atoms with Crippen LogP contribution in [0, 0.1) is 13.8 Å². The molecule has 8 nitrogen and oxygen atoms in total. The van der Waals surface area contributed by atoms with E-state index in [0.29, 0.717) is 23.8 Å². The lowest BCUT2D eigenvalue weighted by molar-refractivity contribution is -0.146. The van der Waals surface area contributed by atoms with Crippen molar-refractivity contribution in [3.8, 4) is 11.5 Å². The van der Waals surface area contributed by atoms with E-state index in [1.807, 2.05) is 32.0 Å². The summed E-state index contributed by atoms with van der Waals surface area (Å²) in [5, 5.41) is 6.67. The second kappa shape index (κ2) is 11.1. The molecule has 0 atom stereocenters. The number of carbonyl (C=O) groups is 2. The summed E-state index contributed by atoms with van der Waals surface area (Å²) in [7, 11) is 1.54. The summed E-state index contributed by atoms with van der Waals surface area (Å²) in [6, 6.07) is 12.8. The predicted molar refractivity (Wildman–Crippen MR) is 132 cm³/mol. The molecule has 0 bridgehead atoms. The maximum absolute atomic E-state index is 12.4. The van der Waals surface area contributed by atoms with Crippen molar-refractivity contribution >= 4 is 17.6 Å². The number of carbonyl (C=O) groups excluding carboxylic acids is 2. The molecule has 0 saturated carbocycles. The Kier molecular flexibility index (Phi) is 8.17. The standard InChI is InChI=1S/C27H32N2O6/c1-17-22(18(2)35-29-17)15-33-21-10-7-19(8-11-21)13-26(31)34-16-25(30)28-23-14-20(27(3,4)5)9-12-24(23)32-6/h7-12,14H,13,15-16H2,1-6H3,(H,28,30). The number of nitrogens with zero attached hydrogens (tertiary/aromatic N) is 1. The number of esters is 1. The van der Waals surface area contributed by atoms with E-state index in [4.69, 9.17) is 18.7 Å². The molecule has 0 radical (unpaired) electrons. The van der Waals surface area contributed by atoms with E-state index in [0.717, 1.165) is 28.1 Å². The fraction of sp³-hybridized carbons (Fsp3) is 0.370. The van der Waals surface area contributed by atoms with Crippen LogP contribution in [0.2, 0.25) is 0 Å². The van der Waals surface area contributed by atoms with Crippen molar-refractivity contribution in [2.75, 3.05) is 19.0 Å². The van der Waals surface area contributed by atoms with Crippen molar-refractivity contribution < 1.29 is 28.3 Å². The lowest BCUT2D eigenvalue weighted by atomic mass is 9.87. The zero-order valence-corrected chi connectivity index (χ0v) is 21.1. The maximum atomic E-state index is 12.4. The van der Waals surface area contributed by atoms with Gasteiger partial charge in [-0.1, -0.05) is 44.1 Å². The number of benzene rings is 2. The molecule has 0 fully saturated rings. The Morgan fingerprint density at radius 2 is 1.77 bits per heavy atom. The number of nitrogens with one attached hydrogen (secondary N) is 1. The quantitative estimate of drug-likeness (QED) is 0.435. The summed E-state index contributed by atoms with van der Waals surface area (Å²) in [4.78, 5) is 24.6. The van der Waals surface area contributed by atoms with Crippen molar-refractivity contribution in [2.45, 2.75) is 53.1 Å². The first-order valence-electron chi connectivity index (χ1n) is 11.3. The molecule has 0 aliphatic rings. The summed E-state index contributed by atoms with van der Waals surface area (Å²) < 4.78 is 21.4. The number of hydrogen-bond acceptors (Lipinski definition) is 7. The third-order valence-electron chi connectivity index (χ3n) is 5.54. The molecule has 1 aromatic heterocycles. The highest BCUT2D eigenvalue weighted by atomic mass is 16.5. The molecule has 3 aromatic rings. The molecular weight excluding hydrogens is 448 g/mol. The zero-order valence-electron chi connectivity index (χ0n) is 21.1. The zero-order chi connectivity index (χ0) is 25.6. The molecule has 186 valence electrons. The summed E-state index contributed by atoms with van der Waals surface area (Å²) in [5.41, 5.74) is 3.95. The van der Waals surface area contributed by atoms with E-state index in [1.165, 1.54) is 7.11 Å². The van der Waals surface area contributed by atoms with Crippen LogP contribution in [-0.4, -0.2) is 30.7 Å². The second-order valence-electron chi connectivity index (χ2n) is 9.29. The van der Waals surface area contributed by atoms with Crippen LogP contribution in [0.4, 0.5) is 5.69 Å². The minimum absolute atomic E-state index is 0.0419. The highest BCUT2D eigenvalue weighted by molar-refractivity contribution is 5.94. The predicted octanol–water partition coefficient (Wildman–Crippen LogP) is 4.90. The fourth-order valence-corrected chi connectivity index (χ4v) is 3.39. The van der Waals surface area contributed by atoms with Crippen molar-refractivity contribution in [1.82, 2.24) is 5.16 Å². The Bertz CT molecular complexity index is 1160. The lowest BCUT2D eigenvalue weighted by Crippen LogP contribution is -2.22. The summed E-state index contributed by atoms with van der Waals surface area (Å²) in [6.45, 7) is 9.91. The second-order valence-corrected chi connectivity index (χ2v) is 9.29. The summed E-state index contributed by atoms with van der Waals surface area (Å²) in [5.74, 6) is 0.985. The molecule has 3 rings (SSSR count). The number of ether oxygens (including phenoxy) is 3. The van der Waals surface area contributed by atoms with Crippen LogP contribution in [0.3, 0.4) is 0 Å². The Morgan fingerprint density at radius 3 is 2.37 bits per heavy atom. The topological polar surface area (TPSA) is 99.9 Å². The van der Waals surface area contributed by atoms with Crippen LogP contribution < -0.4 is 14.8 Å². The van der Waals surface area contributed by atoms with Gasteiger partial charge in [-0.25, -0.2) is 0 Å². The van der Waals surface area contributed by atoms with Gasteiger partial charge in [0.1, 0.15) is 23.9 Å². The van der Waals surface area contributed by atoms with Crippen LogP contribution in [0.1, 0.15) is 48.9 Å². The van der Waals surface area contributed by atoms with Gasteiger partial charge in [0, 0.05) is 0 Å². The first-order chi connectivity index (χ1) is 16.6. The van der Waals surface area contributed by atoms with E-state index in [1.54, 1.807) is 24.3 Å². The molecule has 0 unspecified atom stereocenters. The Balaban J connectivity index is 1.49. The third kappa shape index (κ3) is 7.09. The number of aryl methyl sites for hydroxylation is 2. The minimum atomic E-state index is -0.500. The van der Waals surface area contributed by atoms with Gasteiger partial charge in [-0.3, -0.25) is 9.59 Å². The molecular formula is C27H32N2O6. The first-order valence-corrected chi connectivity index (χ1v) is 11.3. The molecule has 0 aliphatic heterocycles. The maximum Gasteiger partial charge on any atom is 0.310 e. The molecule has 0 saturated heterocycles. The number of rotatable bonds is 9. The number of amides is 1. The number of hydrogen-bond donors (Lipinski definition) is 1. The smallest absolute Gasteiger partial charge is 0.310 e. The van der Waals surface area contributed by atoms with Gasteiger partial charge in [0.2, 0.25) is 0 Å². The molecule has 1 N–H and O–H groups in total. The average molecular weight is 481 g/mol. The van der Waals surface area contributed by atoms with Gasteiger partial charge in [0.25, 0.3) is 5.91 Å². The van der Waals surface area contributed by atoms with Gasteiger partial charge in [0.05, 0.1) is 30.5 Å². The van der Waals surface area contributed by atoms with Crippen LogP contribution in [0.15, 0.2) is 47.0 Å². The third-order valence-corrected chi connectivity index (χ3v) is 5.54. The van der Waals surface area contributed by atoms with Crippen molar-refractivity contribution in [3.63, 3.8) is 0 Å². The highest BCUT2D eigenvalue weighted by Gasteiger charge is 2.18. The summed E-state index contributed by atoms with van der Waals surface area (Å²) >= 11 is 0. The van der Waals surface area contributed by atoms with Crippen LogP contribution in [0.25, 0.3) is 0 Å². The van der Waals surface area contributed by atoms with Crippen molar-refractivity contribution in [3.05, 3.63) is 70.6 Å². The number of anilines is 1. The Hall–Kier alpha value is -3.81. The molecule has 0 aliphatic carbocycles. The Labute approximate surface area is 205 Å². The van der Waals surface area contributed by atoms with Crippen molar-refractivity contribution in [2.24, 2.45) is 0 Å². The summed E-state index contributed by atoms with van der Waals surface area (Å²) in [6.07, 6.45) is 0.0419. The van der Waals surface area contributed by atoms with Crippen molar-refractivity contribution in [1.29, 1.82) is 0 Å². The van der Waals surface area contributed by atoms with Crippen LogP contribution >= 0.6 is 0 Å². The van der Waals surface area contributed by atoms with Gasteiger partial charge in [-0.05, 0) is 54.7 Å². The van der Waals surface area contributed by atoms with Gasteiger partial charge < -0.3 is 24.1 Å². The fourth-order valence-electron chi connectivity index (χ4n) is 3.39. The monoisotopic (exact) mass is 480 g/mol. The molecule has 0 spiro atoms. The first kappa shape index (κ1) is 25.8. The van der Waals surface area contributed by atoms with Crippen LogP contribution in [0.5, 0.6) is 11.5 Å².